The molecule has 2 aromatic rings. The number of hydrogen-bond donors (Lipinski definition) is 1. The summed E-state index contributed by atoms with van der Waals surface area (Å²) in [6.45, 7) is 1.83. The zero-order chi connectivity index (χ0) is 11.4. The van der Waals surface area contributed by atoms with Crippen LogP contribution in [0.5, 0.6) is 0 Å². The minimum absolute atomic E-state index is 0.0638. The molecule has 16 heavy (non-hydrogen) atoms. The van der Waals surface area contributed by atoms with Crippen molar-refractivity contribution in [2.24, 2.45) is 5.73 Å². The monoisotopic (exact) mass is 210 g/mol. The molecule has 2 nitrogen and oxygen atoms in total. The number of fused-ring (bicyclic) bond motifs is 1. The minimum Gasteiger partial charge on any atom is -0.323 e. The third kappa shape index (κ3) is 2.05. The van der Waals surface area contributed by atoms with Gasteiger partial charge < -0.3 is 5.73 Å². The Balaban J connectivity index is 2.46. The first-order valence-electron chi connectivity index (χ1n) is 5.31. The Morgan fingerprint density at radius 1 is 1.31 bits per heavy atom. The molecular weight excluding hydrogens is 196 g/mol. The van der Waals surface area contributed by atoms with Gasteiger partial charge in [-0.2, -0.15) is 0 Å². The first kappa shape index (κ1) is 10.7. The Morgan fingerprint density at radius 2 is 2.12 bits per heavy atom. The van der Waals surface area contributed by atoms with Gasteiger partial charge in [0.25, 0.3) is 0 Å². The molecule has 0 radical (unpaired) electrons. The van der Waals surface area contributed by atoms with Gasteiger partial charge in [-0.25, -0.2) is 0 Å². The van der Waals surface area contributed by atoms with Crippen LogP contribution in [0.15, 0.2) is 36.5 Å². The highest BCUT2D eigenvalue weighted by Gasteiger charge is 2.08. The summed E-state index contributed by atoms with van der Waals surface area (Å²) in [4.78, 5) is 4.38. The molecule has 0 saturated carbocycles. The van der Waals surface area contributed by atoms with E-state index in [1.165, 1.54) is 0 Å². The molecule has 0 amide bonds. The number of benzene rings is 1. The van der Waals surface area contributed by atoms with Crippen molar-refractivity contribution in [2.75, 3.05) is 0 Å². The molecule has 2 N–H and O–H groups in total. The largest absolute Gasteiger partial charge is 0.323 e. The van der Waals surface area contributed by atoms with Crippen LogP contribution >= 0.6 is 0 Å². The number of nitrogens with zero attached hydrogens (tertiary/aromatic N) is 1. The SMILES string of the molecule is CC#CCC(N)c1cccc2cccnc12. The van der Waals surface area contributed by atoms with Gasteiger partial charge in [0, 0.05) is 24.0 Å². The molecule has 1 heterocycles. The van der Waals surface area contributed by atoms with E-state index in [0.717, 1.165) is 16.5 Å². The molecule has 1 atom stereocenters. The average molecular weight is 210 g/mol. The van der Waals surface area contributed by atoms with E-state index in [4.69, 9.17) is 5.73 Å². The van der Waals surface area contributed by atoms with Gasteiger partial charge in [0.05, 0.1) is 5.52 Å². The molecule has 0 bridgehead atoms. The fourth-order valence-corrected chi connectivity index (χ4v) is 1.75. The molecule has 0 aliphatic carbocycles. The average Bonchev–Trinajstić information content (AvgIpc) is 2.35. The lowest BCUT2D eigenvalue weighted by Gasteiger charge is -2.10. The maximum Gasteiger partial charge on any atom is 0.0749 e. The fraction of sp³-hybridized carbons (Fsp3) is 0.214. The Kier molecular flexibility index (Phi) is 3.19. The lowest BCUT2D eigenvalue weighted by molar-refractivity contribution is 0.759. The van der Waals surface area contributed by atoms with Crippen molar-refractivity contribution in [1.29, 1.82) is 0 Å². The predicted octanol–water partition coefficient (Wildman–Crippen LogP) is 2.65. The van der Waals surface area contributed by atoms with E-state index < -0.39 is 0 Å². The maximum atomic E-state index is 6.10. The summed E-state index contributed by atoms with van der Waals surface area (Å²) in [6.07, 6.45) is 2.47. The molecule has 2 heteroatoms. The van der Waals surface area contributed by atoms with Crippen molar-refractivity contribution in [1.82, 2.24) is 4.98 Å². The highest BCUT2D eigenvalue weighted by Crippen LogP contribution is 2.22. The van der Waals surface area contributed by atoms with Gasteiger partial charge in [-0.15, -0.1) is 11.8 Å². The number of hydrogen-bond acceptors (Lipinski definition) is 2. The summed E-state index contributed by atoms with van der Waals surface area (Å²) in [5.74, 6) is 5.87. The van der Waals surface area contributed by atoms with Crippen LogP contribution in [0.2, 0.25) is 0 Å². The van der Waals surface area contributed by atoms with Gasteiger partial charge >= 0.3 is 0 Å². The van der Waals surface area contributed by atoms with Crippen molar-refractivity contribution in [3.8, 4) is 11.8 Å². The van der Waals surface area contributed by atoms with Crippen LogP contribution in [0, 0.1) is 11.8 Å². The Labute approximate surface area is 95.5 Å². The van der Waals surface area contributed by atoms with E-state index in [2.05, 4.69) is 16.8 Å². The van der Waals surface area contributed by atoms with Crippen molar-refractivity contribution in [3.63, 3.8) is 0 Å². The molecule has 2 rings (SSSR count). The molecule has 0 fully saturated rings. The molecule has 0 saturated heterocycles. The van der Waals surface area contributed by atoms with Crippen molar-refractivity contribution in [3.05, 3.63) is 42.1 Å². The summed E-state index contributed by atoms with van der Waals surface area (Å²) in [7, 11) is 0. The highest BCUT2D eigenvalue weighted by molar-refractivity contribution is 5.82. The standard InChI is InChI=1S/C14H14N2/c1-2-3-9-13(15)12-8-4-6-11-7-5-10-16-14(11)12/h4-8,10,13H,9,15H2,1H3. The molecule has 0 spiro atoms. The van der Waals surface area contributed by atoms with Crippen LogP contribution in [0.1, 0.15) is 24.9 Å². The summed E-state index contributed by atoms with van der Waals surface area (Å²) in [6, 6.07) is 10.00. The first-order valence-corrected chi connectivity index (χ1v) is 5.31. The summed E-state index contributed by atoms with van der Waals surface area (Å²) in [5, 5.41) is 1.12. The van der Waals surface area contributed by atoms with E-state index in [1.807, 2.05) is 37.3 Å². The third-order valence-electron chi connectivity index (χ3n) is 2.56. The number of rotatable bonds is 2. The molecule has 0 aliphatic heterocycles. The van der Waals surface area contributed by atoms with Crippen molar-refractivity contribution < 1.29 is 0 Å². The summed E-state index contributed by atoms with van der Waals surface area (Å²) >= 11 is 0. The highest BCUT2D eigenvalue weighted by atomic mass is 14.7. The Hall–Kier alpha value is -1.85. The van der Waals surface area contributed by atoms with Crippen molar-refractivity contribution >= 4 is 10.9 Å². The van der Waals surface area contributed by atoms with Crippen LogP contribution in [0.4, 0.5) is 0 Å². The number of pyridine rings is 1. The van der Waals surface area contributed by atoms with E-state index >= 15 is 0 Å². The van der Waals surface area contributed by atoms with E-state index in [0.29, 0.717) is 6.42 Å². The predicted molar refractivity (Wildman–Crippen MR) is 66.7 cm³/mol. The van der Waals surface area contributed by atoms with E-state index in [9.17, 15) is 0 Å². The van der Waals surface area contributed by atoms with Crippen LogP contribution in [0.25, 0.3) is 10.9 Å². The Morgan fingerprint density at radius 3 is 2.94 bits per heavy atom. The fourth-order valence-electron chi connectivity index (χ4n) is 1.75. The second kappa shape index (κ2) is 4.78. The summed E-state index contributed by atoms with van der Waals surface area (Å²) in [5.41, 5.74) is 8.16. The second-order valence-corrected chi connectivity index (χ2v) is 3.66. The zero-order valence-electron chi connectivity index (χ0n) is 9.27. The maximum absolute atomic E-state index is 6.10. The Bertz CT molecular complexity index is 544. The summed E-state index contributed by atoms with van der Waals surface area (Å²) < 4.78 is 0. The molecule has 1 aromatic carbocycles. The van der Waals surface area contributed by atoms with Gasteiger partial charge in [0.15, 0.2) is 0 Å². The van der Waals surface area contributed by atoms with Crippen LogP contribution in [-0.4, -0.2) is 4.98 Å². The second-order valence-electron chi connectivity index (χ2n) is 3.66. The lowest BCUT2D eigenvalue weighted by Crippen LogP contribution is -2.10. The number of aromatic nitrogens is 1. The van der Waals surface area contributed by atoms with Crippen molar-refractivity contribution in [2.45, 2.75) is 19.4 Å². The first-order chi connectivity index (χ1) is 7.83. The normalized spacial score (nSPS) is 11.9. The van der Waals surface area contributed by atoms with Crippen LogP contribution in [-0.2, 0) is 0 Å². The quantitative estimate of drug-likeness (QED) is 0.774. The molecular formula is C14H14N2. The van der Waals surface area contributed by atoms with Crippen LogP contribution < -0.4 is 5.73 Å². The number of nitrogens with two attached hydrogens (primary N) is 1. The molecule has 1 unspecified atom stereocenters. The number of para-hydroxylation sites is 1. The van der Waals surface area contributed by atoms with Gasteiger partial charge in [-0.1, -0.05) is 24.3 Å². The molecule has 0 aliphatic rings. The van der Waals surface area contributed by atoms with Gasteiger partial charge in [-0.05, 0) is 18.6 Å². The molecule has 80 valence electrons. The minimum atomic E-state index is -0.0638. The van der Waals surface area contributed by atoms with Gasteiger partial charge in [0.1, 0.15) is 0 Å². The lowest BCUT2D eigenvalue weighted by atomic mass is 10.0. The van der Waals surface area contributed by atoms with Crippen LogP contribution in [0.3, 0.4) is 0 Å². The zero-order valence-corrected chi connectivity index (χ0v) is 9.27. The topological polar surface area (TPSA) is 38.9 Å². The molecule has 1 aromatic heterocycles. The smallest absolute Gasteiger partial charge is 0.0749 e. The third-order valence-corrected chi connectivity index (χ3v) is 2.56. The van der Waals surface area contributed by atoms with Gasteiger partial charge in [0.2, 0.25) is 0 Å². The van der Waals surface area contributed by atoms with E-state index in [1.54, 1.807) is 6.20 Å². The van der Waals surface area contributed by atoms with Gasteiger partial charge in [-0.3, -0.25) is 4.98 Å². The van der Waals surface area contributed by atoms with E-state index in [-0.39, 0.29) is 6.04 Å².